The average Bonchev–Trinajstić information content (AvgIpc) is 3.41. The smallest absolute Gasteiger partial charge is 0.133 e. The Morgan fingerprint density at radius 1 is 1.18 bits per heavy atom. The first-order valence-corrected chi connectivity index (χ1v) is 8.06. The highest BCUT2D eigenvalue weighted by molar-refractivity contribution is 5.40. The standard InChI is InChI=1S/C18H21N3O/c1-13-4-2-3-5-15(13)16-12-21(10-11-22-16)17-8-9-19-18(20-17)14-6-7-14/h2-5,8-9,14,16H,6-7,10-12H2,1H3. The summed E-state index contributed by atoms with van der Waals surface area (Å²) in [6.07, 6.45) is 4.49. The minimum Gasteiger partial charge on any atom is -0.370 e. The molecule has 1 unspecified atom stereocenters. The van der Waals surface area contributed by atoms with Crippen molar-refractivity contribution in [3.8, 4) is 0 Å². The summed E-state index contributed by atoms with van der Waals surface area (Å²) in [5.74, 6) is 2.64. The van der Waals surface area contributed by atoms with Gasteiger partial charge in [-0.3, -0.25) is 0 Å². The topological polar surface area (TPSA) is 38.2 Å². The zero-order chi connectivity index (χ0) is 14.9. The zero-order valence-corrected chi connectivity index (χ0v) is 12.9. The molecule has 4 nitrogen and oxygen atoms in total. The number of nitrogens with zero attached hydrogens (tertiary/aromatic N) is 3. The largest absolute Gasteiger partial charge is 0.370 e. The van der Waals surface area contributed by atoms with Crippen LogP contribution in [0.3, 0.4) is 0 Å². The predicted molar refractivity (Wildman–Crippen MR) is 86.1 cm³/mol. The minimum absolute atomic E-state index is 0.120. The molecule has 1 saturated carbocycles. The number of aryl methyl sites for hydroxylation is 1. The molecule has 114 valence electrons. The predicted octanol–water partition coefficient (Wildman–Crippen LogP) is 3.24. The third kappa shape index (κ3) is 2.71. The van der Waals surface area contributed by atoms with Crippen molar-refractivity contribution in [2.45, 2.75) is 31.8 Å². The number of hydrogen-bond acceptors (Lipinski definition) is 4. The molecular weight excluding hydrogens is 274 g/mol. The van der Waals surface area contributed by atoms with Crippen molar-refractivity contribution in [1.29, 1.82) is 0 Å². The van der Waals surface area contributed by atoms with E-state index in [1.54, 1.807) is 0 Å². The summed E-state index contributed by atoms with van der Waals surface area (Å²) in [6.45, 7) is 4.63. The summed E-state index contributed by atoms with van der Waals surface area (Å²) in [4.78, 5) is 11.5. The highest BCUT2D eigenvalue weighted by atomic mass is 16.5. The van der Waals surface area contributed by atoms with Gasteiger partial charge in [-0.15, -0.1) is 0 Å². The second-order valence-corrected chi connectivity index (χ2v) is 6.21. The Labute approximate surface area is 131 Å². The van der Waals surface area contributed by atoms with Crippen LogP contribution in [0, 0.1) is 6.92 Å². The summed E-state index contributed by atoms with van der Waals surface area (Å²) in [7, 11) is 0. The first-order valence-electron chi connectivity index (χ1n) is 8.06. The molecule has 0 bridgehead atoms. The summed E-state index contributed by atoms with van der Waals surface area (Å²) in [6, 6.07) is 10.5. The molecule has 1 aromatic heterocycles. The van der Waals surface area contributed by atoms with Gasteiger partial charge < -0.3 is 9.64 Å². The van der Waals surface area contributed by atoms with E-state index in [0.717, 1.165) is 31.3 Å². The maximum atomic E-state index is 6.00. The zero-order valence-electron chi connectivity index (χ0n) is 12.9. The van der Waals surface area contributed by atoms with Crippen LogP contribution in [-0.4, -0.2) is 29.7 Å². The van der Waals surface area contributed by atoms with Crippen molar-refractivity contribution < 1.29 is 4.74 Å². The second kappa shape index (κ2) is 5.69. The van der Waals surface area contributed by atoms with E-state index in [9.17, 15) is 0 Å². The van der Waals surface area contributed by atoms with Crippen molar-refractivity contribution >= 4 is 5.82 Å². The molecule has 0 amide bonds. The molecule has 0 spiro atoms. The summed E-state index contributed by atoms with van der Waals surface area (Å²) in [5.41, 5.74) is 2.57. The normalized spacial score (nSPS) is 21.9. The molecule has 22 heavy (non-hydrogen) atoms. The van der Waals surface area contributed by atoms with Gasteiger partial charge in [-0.25, -0.2) is 9.97 Å². The molecule has 4 heteroatoms. The van der Waals surface area contributed by atoms with E-state index in [0.29, 0.717) is 5.92 Å². The van der Waals surface area contributed by atoms with Crippen molar-refractivity contribution in [1.82, 2.24) is 9.97 Å². The van der Waals surface area contributed by atoms with E-state index >= 15 is 0 Å². The molecule has 2 fully saturated rings. The summed E-state index contributed by atoms with van der Waals surface area (Å²) in [5, 5.41) is 0. The van der Waals surface area contributed by atoms with Gasteiger partial charge in [-0.2, -0.15) is 0 Å². The van der Waals surface area contributed by atoms with Crippen molar-refractivity contribution in [2.24, 2.45) is 0 Å². The Morgan fingerprint density at radius 2 is 2.05 bits per heavy atom. The van der Waals surface area contributed by atoms with Crippen molar-refractivity contribution in [3.63, 3.8) is 0 Å². The average molecular weight is 295 g/mol. The van der Waals surface area contributed by atoms with Crippen LogP contribution in [0.2, 0.25) is 0 Å². The molecule has 0 radical (unpaired) electrons. The summed E-state index contributed by atoms with van der Waals surface area (Å²) < 4.78 is 6.00. The molecule has 2 aromatic rings. The maximum absolute atomic E-state index is 6.00. The van der Waals surface area contributed by atoms with Crippen LogP contribution in [0.1, 0.15) is 41.8 Å². The molecule has 1 saturated heterocycles. The quantitative estimate of drug-likeness (QED) is 0.871. The Bertz CT molecular complexity index is 669. The lowest BCUT2D eigenvalue weighted by Gasteiger charge is -2.34. The second-order valence-electron chi connectivity index (χ2n) is 6.21. The SMILES string of the molecule is Cc1ccccc1C1CN(c2ccnc(C3CC3)n2)CCO1. The number of morpholine rings is 1. The number of benzene rings is 1. The fraction of sp³-hybridized carbons (Fsp3) is 0.444. The van der Waals surface area contributed by atoms with Crippen LogP contribution >= 0.6 is 0 Å². The van der Waals surface area contributed by atoms with Gasteiger partial charge in [-0.1, -0.05) is 24.3 Å². The Balaban J connectivity index is 1.56. The lowest BCUT2D eigenvalue weighted by atomic mass is 10.0. The van der Waals surface area contributed by atoms with Crippen molar-refractivity contribution in [3.05, 3.63) is 53.5 Å². The monoisotopic (exact) mass is 295 g/mol. The van der Waals surface area contributed by atoms with Gasteiger partial charge >= 0.3 is 0 Å². The fourth-order valence-electron chi connectivity index (χ4n) is 3.07. The van der Waals surface area contributed by atoms with E-state index in [2.05, 4.69) is 41.1 Å². The maximum Gasteiger partial charge on any atom is 0.133 e. The molecule has 1 aromatic carbocycles. The molecule has 0 N–H and O–H groups in total. The lowest BCUT2D eigenvalue weighted by molar-refractivity contribution is 0.0391. The number of rotatable bonds is 3. The van der Waals surface area contributed by atoms with Crippen LogP contribution < -0.4 is 4.90 Å². The fourth-order valence-corrected chi connectivity index (χ4v) is 3.07. The Kier molecular flexibility index (Phi) is 3.54. The molecular formula is C18H21N3O. The summed E-state index contributed by atoms with van der Waals surface area (Å²) >= 11 is 0. The van der Waals surface area contributed by atoms with Crippen LogP contribution in [0.15, 0.2) is 36.5 Å². The van der Waals surface area contributed by atoms with Gasteiger partial charge in [0.2, 0.25) is 0 Å². The Morgan fingerprint density at radius 3 is 2.86 bits per heavy atom. The van der Waals surface area contributed by atoms with E-state index < -0.39 is 0 Å². The molecule has 2 aliphatic rings. The third-order valence-electron chi connectivity index (χ3n) is 4.53. The van der Waals surface area contributed by atoms with E-state index in [4.69, 9.17) is 9.72 Å². The molecule has 1 aliphatic carbocycles. The number of ether oxygens (including phenoxy) is 1. The molecule has 2 heterocycles. The van der Waals surface area contributed by atoms with E-state index in [1.807, 2.05) is 12.3 Å². The van der Waals surface area contributed by atoms with Gasteiger partial charge in [0.1, 0.15) is 17.7 Å². The highest BCUT2D eigenvalue weighted by Crippen LogP contribution is 2.38. The van der Waals surface area contributed by atoms with Gasteiger partial charge in [0, 0.05) is 25.2 Å². The van der Waals surface area contributed by atoms with Crippen LogP contribution in [0.5, 0.6) is 0 Å². The number of hydrogen-bond donors (Lipinski definition) is 0. The van der Waals surface area contributed by atoms with Gasteiger partial charge in [0.15, 0.2) is 0 Å². The first kappa shape index (κ1) is 13.7. The van der Waals surface area contributed by atoms with Crippen LogP contribution in [-0.2, 0) is 4.74 Å². The van der Waals surface area contributed by atoms with Crippen LogP contribution in [0.25, 0.3) is 0 Å². The lowest BCUT2D eigenvalue weighted by Crippen LogP contribution is -2.39. The van der Waals surface area contributed by atoms with Gasteiger partial charge in [0.05, 0.1) is 6.61 Å². The minimum atomic E-state index is 0.120. The first-order chi connectivity index (χ1) is 10.8. The van der Waals surface area contributed by atoms with Gasteiger partial charge in [-0.05, 0) is 37.0 Å². The van der Waals surface area contributed by atoms with Gasteiger partial charge in [0.25, 0.3) is 0 Å². The molecule has 1 aliphatic heterocycles. The highest BCUT2D eigenvalue weighted by Gasteiger charge is 2.28. The van der Waals surface area contributed by atoms with Crippen molar-refractivity contribution in [2.75, 3.05) is 24.6 Å². The molecule has 1 atom stereocenters. The number of aromatic nitrogens is 2. The van der Waals surface area contributed by atoms with Crippen LogP contribution in [0.4, 0.5) is 5.82 Å². The molecule has 4 rings (SSSR count). The van der Waals surface area contributed by atoms with E-state index in [-0.39, 0.29) is 6.10 Å². The number of anilines is 1. The third-order valence-corrected chi connectivity index (χ3v) is 4.53. The van der Waals surface area contributed by atoms with E-state index in [1.165, 1.54) is 24.0 Å². The Hall–Kier alpha value is -1.94.